The molecule has 1 fully saturated rings. The summed E-state index contributed by atoms with van der Waals surface area (Å²) in [5, 5.41) is 1.12. The van der Waals surface area contributed by atoms with Gasteiger partial charge in [-0.1, -0.05) is 30.1 Å². The summed E-state index contributed by atoms with van der Waals surface area (Å²) in [4.78, 5) is 6.41. The Morgan fingerprint density at radius 3 is 2.94 bits per heavy atom. The van der Waals surface area contributed by atoms with E-state index in [1.165, 1.54) is 6.42 Å². The van der Waals surface area contributed by atoms with Gasteiger partial charge in [-0.15, -0.1) is 0 Å². The summed E-state index contributed by atoms with van der Waals surface area (Å²) in [7, 11) is 0. The highest BCUT2D eigenvalue weighted by molar-refractivity contribution is 6.34. The fourth-order valence-corrected chi connectivity index (χ4v) is 2.60. The number of halogens is 2. The van der Waals surface area contributed by atoms with Gasteiger partial charge in [0.05, 0.1) is 6.10 Å². The van der Waals surface area contributed by atoms with Gasteiger partial charge in [0.25, 0.3) is 0 Å². The van der Waals surface area contributed by atoms with Crippen LogP contribution in [0.15, 0.2) is 12.3 Å². The maximum Gasteiger partial charge on any atom is 0.130 e. The van der Waals surface area contributed by atoms with E-state index in [9.17, 15) is 0 Å². The molecule has 1 aromatic rings. The van der Waals surface area contributed by atoms with Crippen LogP contribution in [-0.2, 0) is 11.3 Å². The normalized spacial score (nSPS) is 19.7. The van der Waals surface area contributed by atoms with Crippen molar-refractivity contribution in [2.45, 2.75) is 32.4 Å². The highest BCUT2D eigenvalue weighted by atomic mass is 35.5. The van der Waals surface area contributed by atoms with Crippen molar-refractivity contribution in [1.82, 2.24) is 9.88 Å². The molecular weight excluding hydrogens is 271 g/mol. The molecule has 0 saturated carbocycles. The zero-order valence-corrected chi connectivity index (χ0v) is 12.0. The quantitative estimate of drug-likeness (QED) is 0.777. The number of hydrogen-bond acceptors (Lipinski definition) is 3. The molecular formula is C13H18Cl2N2O. The first kappa shape index (κ1) is 14.1. The smallest absolute Gasteiger partial charge is 0.130 e. The molecule has 2 rings (SSSR count). The van der Waals surface area contributed by atoms with Crippen molar-refractivity contribution in [1.29, 1.82) is 0 Å². The summed E-state index contributed by atoms with van der Waals surface area (Å²) in [6.07, 6.45) is 4.45. The minimum absolute atomic E-state index is 0.365. The fraction of sp³-hybridized carbons (Fsp3) is 0.615. The van der Waals surface area contributed by atoms with E-state index in [-0.39, 0.29) is 0 Å². The zero-order chi connectivity index (χ0) is 13.0. The van der Waals surface area contributed by atoms with Crippen LogP contribution in [0.5, 0.6) is 0 Å². The minimum Gasteiger partial charge on any atom is -0.377 e. The van der Waals surface area contributed by atoms with Gasteiger partial charge in [-0.3, -0.25) is 4.90 Å². The summed E-state index contributed by atoms with van der Waals surface area (Å²) in [6.45, 7) is 5.76. The first-order chi connectivity index (χ1) is 8.69. The standard InChI is InChI=1S/C13H18Cl2N2O/c1-2-17(9-11-4-3-5-18-11)8-10-7-16-13(15)6-12(10)14/h6-7,11H,2-5,8-9H2,1H3. The Morgan fingerprint density at radius 1 is 1.50 bits per heavy atom. The average molecular weight is 289 g/mol. The number of ether oxygens (including phenoxy) is 1. The lowest BCUT2D eigenvalue weighted by atomic mass is 10.2. The molecule has 1 aliphatic heterocycles. The van der Waals surface area contributed by atoms with Crippen molar-refractivity contribution in [3.05, 3.63) is 28.0 Å². The summed E-state index contributed by atoms with van der Waals surface area (Å²) in [5.74, 6) is 0. The summed E-state index contributed by atoms with van der Waals surface area (Å²) >= 11 is 12.0. The molecule has 5 heteroatoms. The Hall–Kier alpha value is -0.350. The van der Waals surface area contributed by atoms with Crippen LogP contribution in [0, 0.1) is 0 Å². The van der Waals surface area contributed by atoms with E-state index in [0.717, 1.165) is 38.2 Å². The van der Waals surface area contributed by atoms with Gasteiger partial charge in [-0.05, 0) is 25.5 Å². The van der Waals surface area contributed by atoms with Gasteiger partial charge < -0.3 is 4.74 Å². The van der Waals surface area contributed by atoms with E-state index >= 15 is 0 Å². The molecule has 1 unspecified atom stereocenters. The monoisotopic (exact) mass is 288 g/mol. The number of hydrogen-bond donors (Lipinski definition) is 0. The van der Waals surface area contributed by atoms with Gasteiger partial charge in [0.2, 0.25) is 0 Å². The van der Waals surface area contributed by atoms with Crippen molar-refractivity contribution < 1.29 is 4.74 Å². The van der Waals surface area contributed by atoms with Crippen LogP contribution in [0.2, 0.25) is 10.2 Å². The van der Waals surface area contributed by atoms with Crippen LogP contribution < -0.4 is 0 Å². The van der Waals surface area contributed by atoms with Crippen LogP contribution in [0.4, 0.5) is 0 Å². The maximum absolute atomic E-state index is 6.16. The van der Waals surface area contributed by atoms with Crippen molar-refractivity contribution in [3.63, 3.8) is 0 Å². The van der Waals surface area contributed by atoms with Crippen LogP contribution in [0.25, 0.3) is 0 Å². The molecule has 0 spiro atoms. The number of nitrogens with zero attached hydrogens (tertiary/aromatic N) is 2. The molecule has 1 aliphatic rings. The Kier molecular flexibility index (Phi) is 5.25. The highest BCUT2D eigenvalue weighted by Crippen LogP contribution is 2.21. The van der Waals surface area contributed by atoms with E-state index in [0.29, 0.717) is 16.3 Å². The number of rotatable bonds is 5. The molecule has 0 radical (unpaired) electrons. The first-order valence-electron chi connectivity index (χ1n) is 6.33. The first-order valence-corrected chi connectivity index (χ1v) is 7.08. The van der Waals surface area contributed by atoms with Crippen LogP contribution in [-0.4, -0.2) is 35.7 Å². The largest absolute Gasteiger partial charge is 0.377 e. The van der Waals surface area contributed by atoms with E-state index in [1.54, 1.807) is 12.3 Å². The van der Waals surface area contributed by atoms with Gasteiger partial charge in [0, 0.05) is 36.5 Å². The molecule has 100 valence electrons. The SMILES string of the molecule is CCN(Cc1cnc(Cl)cc1Cl)CC1CCCO1. The predicted molar refractivity (Wildman–Crippen MR) is 74.2 cm³/mol. The highest BCUT2D eigenvalue weighted by Gasteiger charge is 2.19. The van der Waals surface area contributed by atoms with Crippen LogP contribution >= 0.6 is 23.2 Å². The average Bonchev–Trinajstić information content (AvgIpc) is 2.84. The van der Waals surface area contributed by atoms with Crippen LogP contribution in [0.3, 0.4) is 0 Å². The lowest BCUT2D eigenvalue weighted by molar-refractivity contribution is 0.0724. The van der Waals surface area contributed by atoms with E-state index in [1.807, 2.05) is 0 Å². The Labute approximate surface area is 118 Å². The third-order valence-corrected chi connectivity index (χ3v) is 3.78. The minimum atomic E-state index is 0.365. The van der Waals surface area contributed by atoms with Crippen molar-refractivity contribution >= 4 is 23.2 Å². The van der Waals surface area contributed by atoms with Gasteiger partial charge in [-0.2, -0.15) is 0 Å². The van der Waals surface area contributed by atoms with Gasteiger partial charge in [0.15, 0.2) is 0 Å². The molecule has 1 saturated heterocycles. The van der Waals surface area contributed by atoms with E-state index in [4.69, 9.17) is 27.9 Å². The summed E-state index contributed by atoms with van der Waals surface area (Å²) in [6, 6.07) is 1.69. The molecule has 3 nitrogen and oxygen atoms in total. The lowest BCUT2D eigenvalue weighted by Gasteiger charge is -2.23. The van der Waals surface area contributed by atoms with Gasteiger partial charge >= 0.3 is 0 Å². The predicted octanol–water partition coefficient (Wildman–Crippen LogP) is 3.39. The van der Waals surface area contributed by atoms with Crippen molar-refractivity contribution in [2.24, 2.45) is 0 Å². The molecule has 2 heterocycles. The molecule has 0 N–H and O–H groups in total. The number of likely N-dealkylation sites (N-methyl/N-ethyl adjacent to an activating group) is 1. The maximum atomic E-state index is 6.16. The lowest BCUT2D eigenvalue weighted by Crippen LogP contribution is -2.31. The molecule has 0 aromatic carbocycles. The van der Waals surface area contributed by atoms with Gasteiger partial charge in [0.1, 0.15) is 5.15 Å². The van der Waals surface area contributed by atoms with Crippen LogP contribution in [0.1, 0.15) is 25.3 Å². The zero-order valence-electron chi connectivity index (χ0n) is 10.5. The number of pyridine rings is 1. The fourth-order valence-electron chi connectivity index (χ4n) is 2.17. The second kappa shape index (κ2) is 6.71. The molecule has 1 atom stereocenters. The summed E-state index contributed by atoms with van der Waals surface area (Å²) < 4.78 is 5.66. The van der Waals surface area contributed by atoms with Crippen molar-refractivity contribution in [2.75, 3.05) is 19.7 Å². The third kappa shape index (κ3) is 3.82. The molecule has 0 aliphatic carbocycles. The molecule has 0 bridgehead atoms. The molecule has 18 heavy (non-hydrogen) atoms. The Bertz CT molecular complexity index is 395. The Morgan fingerprint density at radius 2 is 2.33 bits per heavy atom. The summed E-state index contributed by atoms with van der Waals surface area (Å²) in [5.41, 5.74) is 1.01. The second-order valence-electron chi connectivity index (χ2n) is 4.56. The van der Waals surface area contributed by atoms with E-state index < -0.39 is 0 Å². The molecule has 1 aromatic heterocycles. The van der Waals surface area contributed by atoms with E-state index in [2.05, 4.69) is 16.8 Å². The third-order valence-electron chi connectivity index (χ3n) is 3.22. The Balaban J connectivity index is 1.96. The second-order valence-corrected chi connectivity index (χ2v) is 5.36. The van der Waals surface area contributed by atoms with Crippen molar-refractivity contribution in [3.8, 4) is 0 Å². The topological polar surface area (TPSA) is 25.4 Å². The van der Waals surface area contributed by atoms with Gasteiger partial charge in [-0.25, -0.2) is 4.98 Å². The number of aromatic nitrogens is 1. The molecule has 0 amide bonds.